The maximum atomic E-state index is 5.49. The molecule has 1 aromatic heterocycles. The molecule has 0 saturated heterocycles. The largest absolute Gasteiger partial charge is 0.373 e. The molecule has 0 amide bonds. The molecule has 5 nitrogen and oxygen atoms in total. The lowest BCUT2D eigenvalue weighted by Crippen LogP contribution is -2.32. The van der Waals surface area contributed by atoms with Gasteiger partial charge in [0.1, 0.15) is 6.10 Å². The lowest BCUT2D eigenvalue weighted by molar-refractivity contribution is 0.0751. The SMILES string of the molecule is CCNC(Cc1nc(C(OC)C2CC2)no1)CC(C)C. The van der Waals surface area contributed by atoms with Crippen LogP contribution in [0.3, 0.4) is 0 Å². The van der Waals surface area contributed by atoms with Gasteiger partial charge >= 0.3 is 0 Å². The van der Waals surface area contributed by atoms with Crippen LogP contribution in [0.5, 0.6) is 0 Å². The van der Waals surface area contributed by atoms with Gasteiger partial charge in [0.15, 0.2) is 0 Å². The Morgan fingerprint density at radius 3 is 2.70 bits per heavy atom. The Balaban J connectivity index is 1.96. The van der Waals surface area contributed by atoms with Crippen molar-refractivity contribution in [3.8, 4) is 0 Å². The molecule has 1 aliphatic carbocycles. The zero-order valence-electron chi connectivity index (χ0n) is 13.1. The van der Waals surface area contributed by atoms with Crippen molar-refractivity contribution in [3.05, 3.63) is 11.7 Å². The summed E-state index contributed by atoms with van der Waals surface area (Å²) >= 11 is 0. The summed E-state index contributed by atoms with van der Waals surface area (Å²) in [7, 11) is 1.72. The monoisotopic (exact) mass is 281 g/mol. The highest BCUT2D eigenvalue weighted by atomic mass is 16.5. The molecule has 0 spiro atoms. The molecule has 1 heterocycles. The van der Waals surface area contributed by atoms with Gasteiger partial charge in [-0.2, -0.15) is 4.98 Å². The lowest BCUT2D eigenvalue weighted by Gasteiger charge is -2.17. The third-order valence-corrected chi connectivity index (χ3v) is 3.71. The minimum atomic E-state index is 0.00943. The fraction of sp³-hybridized carbons (Fsp3) is 0.867. The molecule has 1 saturated carbocycles. The average Bonchev–Trinajstić information content (AvgIpc) is 3.11. The van der Waals surface area contributed by atoms with E-state index in [0.29, 0.717) is 29.6 Å². The van der Waals surface area contributed by atoms with E-state index < -0.39 is 0 Å². The Hall–Kier alpha value is -0.940. The lowest BCUT2D eigenvalue weighted by atomic mass is 10.0. The van der Waals surface area contributed by atoms with Gasteiger partial charge in [0.2, 0.25) is 11.7 Å². The predicted molar refractivity (Wildman–Crippen MR) is 77.4 cm³/mol. The van der Waals surface area contributed by atoms with Crippen LogP contribution in [-0.2, 0) is 11.2 Å². The molecule has 2 atom stereocenters. The zero-order valence-corrected chi connectivity index (χ0v) is 13.1. The Bertz CT molecular complexity index is 402. The van der Waals surface area contributed by atoms with Crippen LogP contribution in [0.15, 0.2) is 4.52 Å². The Labute approximate surface area is 121 Å². The highest BCUT2D eigenvalue weighted by Crippen LogP contribution is 2.41. The molecule has 2 unspecified atom stereocenters. The van der Waals surface area contributed by atoms with Crippen molar-refractivity contribution in [2.24, 2.45) is 11.8 Å². The van der Waals surface area contributed by atoms with Crippen molar-refractivity contribution in [2.75, 3.05) is 13.7 Å². The summed E-state index contributed by atoms with van der Waals surface area (Å²) in [6, 6.07) is 0.398. The van der Waals surface area contributed by atoms with Crippen LogP contribution < -0.4 is 5.32 Å². The van der Waals surface area contributed by atoms with Crippen LogP contribution in [-0.4, -0.2) is 29.8 Å². The van der Waals surface area contributed by atoms with E-state index in [-0.39, 0.29) is 6.10 Å². The van der Waals surface area contributed by atoms with E-state index in [1.165, 1.54) is 12.8 Å². The normalized spacial score (nSPS) is 18.4. The number of hydrogen-bond acceptors (Lipinski definition) is 5. The number of ether oxygens (including phenoxy) is 1. The standard InChI is InChI=1S/C15H27N3O2/c1-5-16-12(8-10(2)3)9-13-17-15(18-20-13)14(19-4)11-6-7-11/h10-12,14,16H,5-9H2,1-4H3. The van der Waals surface area contributed by atoms with E-state index in [4.69, 9.17) is 9.26 Å². The van der Waals surface area contributed by atoms with Crippen molar-refractivity contribution in [1.82, 2.24) is 15.5 Å². The Morgan fingerprint density at radius 2 is 2.15 bits per heavy atom. The summed E-state index contributed by atoms with van der Waals surface area (Å²) < 4.78 is 10.9. The Kier molecular flexibility index (Phi) is 5.54. The first-order valence-electron chi connectivity index (χ1n) is 7.72. The van der Waals surface area contributed by atoms with Crippen molar-refractivity contribution >= 4 is 0 Å². The van der Waals surface area contributed by atoms with Gasteiger partial charge < -0.3 is 14.6 Å². The van der Waals surface area contributed by atoms with E-state index in [1.54, 1.807) is 7.11 Å². The molecule has 2 rings (SSSR count). The molecule has 1 N–H and O–H groups in total. The predicted octanol–water partition coefficient (Wildman–Crippen LogP) is 2.73. The van der Waals surface area contributed by atoms with Crippen molar-refractivity contribution in [2.45, 2.75) is 58.6 Å². The zero-order chi connectivity index (χ0) is 14.5. The molecule has 0 aromatic carbocycles. The number of methoxy groups -OCH3 is 1. The first-order valence-corrected chi connectivity index (χ1v) is 7.72. The summed E-state index contributed by atoms with van der Waals surface area (Å²) in [4.78, 5) is 4.53. The van der Waals surface area contributed by atoms with Gasteiger partial charge in [-0.1, -0.05) is 25.9 Å². The van der Waals surface area contributed by atoms with E-state index in [1.807, 2.05) is 0 Å². The van der Waals surface area contributed by atoms with Gasteiger partial charge in [0.05, 0.1) is 0 Å². The van der Waals surface area contributed by atoms with Gasteiger partial charge in [-0.3, -0.25) is 0 Å². The number of rotatable bonds is 9. The average molecular weight is 281 g/mol. The van der Waals surface area contributed by atoms with Gasteiger partial charge in [-0.05, 0) is 37.6 Å². The van der Waals surface area contributed by atoms with Gasteiger partial charge in [0, 0.05) is 19.6 Å². The quantitative estimate of drug-likeness (QED) is 0.754. The highest BCUT2D eigenvalue weighted by Gasteiger charge is 2.35. The van der Waals surface area contributed by atoms with Gasteiger partial charge in [-0.15, -0.1) is 0 Å². The number of aromatic nitrogens is 2. The first-order chi connectivity index (χ1) is 9.63. The number of nitrogens with one attached hydrogen (secondary N) is 1. The van der Waals surface area contributed by atoms with Crippen LogP contribution in [0.25, 0.3) is 0 Å². The Morgan fingerprint density at radius 1 is 1.40 bits per heavy atom. The summed E-state index contributed by atoms with van der Waals surface area (Å²) in [5.74, 6) is 2.66. The minimum absolute atomic E-state index is 0.00943. The third-order valence-electron chi connectivity index (χ3n) is 3.71. The van der Waals surface area contributed by atoms with Gasteiger partial charge in [-0.25, -0.2) is 0 Å². The fourth-order valence-electron chi connectivity index (χ4n) is 2.68. The van der Waals surface area contributed by atoms with Crippen molar-refractivity contribution < 1.29 is 9.26 Å². The van der Waals surface area contributed by atoms with E-state index in [9.17, 15) is 0 Å². The molecule has 1 aliphatic rings. The summed E-state index contributed by atoms with van der Waals surface area (Å²) in [5, 5.41) is 7.59. The molecular weight excluding hydrogens is 254 g/mol. The molecule has 0 aliphatic heterocycles. The van der Waals surface area contributed by atoms with Crippen molar-refractivity contribution in [3.63, 3.8) is 0 Å². The second kappa shape index (κ2) is 7.18. The summed E-state index contributed by atoms with van der Waals surface area (Å²) in [6.45, 7) is 7.55. The molecule has 5 heteroatoms. The maximum Gasteiger partial charge on any atom is 0.228 e. The molecule has 1 aromatic rings. The van der Waals surface area contributed by atoms with Crippen LogP contribution >= 0.6 is 0 Å². The van der Waals surface area contributed by atoms with E-state index in [2.05, 4.69) is 36.2 Å². The van der Waals surface area contributed by atoms with Crippen molar-refractivity contribution in [1.29, 1.82) is 0 Å². The number of nitrogens with zero attached hydrogens (tertiary/aromatic N) is 2. The molecule has 1 fully saturated rings. The third kappa shape index (κ3) is 4.28. The minimum Gasteiger partial charge on any atom is -0.373 e. The second-order valence-corrected chi connectivity index (χ2v) is 6.13. The molecule has 0 radical (unpaired) electrons. The fourth-order valence-corrected chi connectivity index (χ4v) is 2.68. The molecule has 0 bridgehead atoms. The van der Waals surface area contributed by atoms with E-state index >= 15 is 0 Å². The maximum absolute atomic E-state index is 5.49. The van der Waals surface area contributed by atoms with Crippen LogP contribution in [0, 0.1) is 11.8 Å². The number of likely N-dealkylation sites (N-methyl/N-ethyl adjacent to an activating group) is 1. The summed E-state index contributed by atoms with van der Waals surface area (Å²) in [5.41, 5.74) is 0. The van der Waals surface area contributed by atoms with Gasteiger partial charge in [0.25, 0.3) is 0 Å². The summed E-state index contributed by atoms with van der Waals surface area (Å²) in [6.07, 6.45) is 4.32. The van der Waals surface area contributed by atoms with E-state index in [0.717, 1.165) is 19.4 Å². The smallest absolute Gasteiger partial charge is 0.228 e. The number of hydrogen-bond donors (Lipinski definition) is 1. The molecular formula is C15H27N3O2. The first kappa shape index (κ1) is 15.4. The molecule has 114 valence electrons. The topological polar surface area (TPSA) is 60.2 Å². The van der Waals surface area contributed by atoms with Crippen LogP contribution in [0.4, 0.5) is 0 Å². The highest BCUT2D eigenvalue weighted by molar-refractivity contribution is 4.99. The van der Waals surface area contributed by atoms with Crippen LogP contribution in [0.1, 0.15) is 57.9 Å². The second-order valence-electron chi connectivity index (χ2n) is 6.13. The van der Waals surface area contributed by atoms with Crippen LogP contribution in [0.2, 0.25) is 0 Å². The molecule has 20 heavy (non-hydrogen) atoms.